The van der Waals surface area contributed by atoms with Crippen molar-refractivity contribution in [3.05, 3.63) is 0 Å². The molecule has 68 valence electrons. The highest BCUT2D eigenvalue weighted by Crippen LogP contribution is 2.11. The number of amides is 3. The molecule has 1 fully saturated rings. The molecule has 2 atom stereocenters. The Morgan fingerprint density at radius 2 is 2.17 bits per heavy atom. The van der Waals surface area contributed by atoms with E-state index in [1.165, 1.54) is 4.90 Å². The molecule has 3 amide bonds. The van der Waals surface area contributed by atoms with Crippen LogP contribution in [0.2, 0.25) is 0 Å². The fourth-order valence-corrected chi connectivity index (χ4v) is 1.23. The molecule has 1 aliphatic rings. The minimum Gasteiger partial charge on any atom is -0.326 e. The standard InChI is InChI=1S/C8H14N2O2/c1-4-5(2)10-7(11)6(3)9-8(10)12/h5-6H,4H2,1-3H3,(H,9,12)/t5?,6-/m0/s1. The smallest absolute Gasteiger partial charge is 0.325 e. The predicted octanol–water partition coefficient (Wildman–Crippen LogP) is 0.725. The van der Waals surface area contributed by atoms with E-state index in [1.807, 2.05) is 13.8 Å². The molecule has 1 N–H and O–H groups in total. The summed E-state index contributed by atoms with van der Waals surface area (Å²) in [5.41, 5.74) is 0. The van der Waals surface area contributed by atoms with Gasteiger partial charge in [0.1, 0.15) is 6.04 Å². The lowest BCUT2D eigenvalue weighted by Gasteiger charge is -2.19. The van der Waals surface area contributed by atoms with Crippen LogP contribution in [0.1, 0.15) is 27.2 Å². The lowest BCUT2D eigenvalue weighted by atomic mass is 10.2. The van der Waals surface area contributed by atoms with E-state index in [0.717, 1.165) is 6.42 Å². The van der Waals surface area contributed by atoms with Crippen LogP contribution in [-0.4, -0.2) is 28.9 Å². The highest BCUT2D eigenvalue weighted by atomic mass is 16.2. The molecule has 4 heteroatoms. The molecule has 1 saturated heterocycles. The van der Waals surface area contributed by atoms with Gasteiger partial charge in [-0.15, -0.1) is 0 Å². The Kier molecular flexibility index (Phi) is 2.35. The van der Waals surface area contributed by atoms with Gasteiger partial charge in [-0.25, -0.2) is 4.79 Å². The fraction of sp³-hybridized carbons (Fsp3) is 0.750. The van der Waals surface area contributed by atoms with Crippen LogP contribution in [-0.2, 0) is 4.79 Å². The Labute approximate surface area is 71.9 Å². The Bertz CT molecular complexity index is 215. The molecule has 0 saturated carbocycles. The number of imide groups is 1. The van der Waals surface area contributed by atoms with Crippen LogP contribution < -0.4 is 5.32 Å². The van der Waals surface area contributed by atoms with E-state index in [0.29, 0.717) is 0 Å². The van der Waals surface area contributed by atoms with Crippen molar-refractivity contribution in [1.29, 1.82) is 0 Å². The second-order valence-electron chi connectivity index (χ2n) is 3.14. The summed E-state index contributed by atoms with van der Waals surface area (Å²) in [6.07, 6.45) is 0.798. The SMILES string of the molecule is CCC(C)N1C(=O)N[C@@H](C)C1=O. The fourth-order valence-electron chi connectivity index (χ4n) is 1.23. The van der Waals surface area contributed by atoms with Gasteiger partial charge in [0.2, 0.25) is 0 Å². The third-order valence-electron chi connectivity index (χ3n) is 2.20. The largest absolute Gasteiger partial charge is 0.326 e. The van der Waals surface area contributed by atoms with Crippen LogP contribution >= 0.6 is 0 Å². The van der Waals surface area contributed by atoms with Gasteiger partial charge in [-0.2, -0.15) is 0 Å². The zero-order valence-corrected chi connectivity index (χ0v) is 7.63. The first-order valence-corrected chi connectivity index (χ1v) is 4.21. The topological polar surface area (TPSA) is 49.4 Å². The van der Waals surface area contributed by atoms with Crippen molar-refractivity contribution in [2.75, 3.05) is 0 Å². The summed E-state index contributed by atoms with van der Waals surface area (Å²) >= 11 is 0. The van der Waals surface area contributed by atoms with Crippen LogP contribution in [0.15, 0.2) is 0 Å². The van der Waals surface area contributed by atoms with Gasteiger partial charge in [0, 0.05) is 6.04 Å². The van der Waals surface area contributed by atoms with Crippen molar-refractivity contribution < 1.29 is 9.59 Å². The van der Waals surface area contributed by atoms with Crippen molar-refractivity contribution in [3.63, 3.8) is 0 Å². The molecule has 0 aromatic rings. The van der Waals surface area contributed by atoms with Crippen molar-refractivity contribution >= 4 is 11.9 Å². The number of nitrogens with one attached hydrogen (secondary N) is 1. The van der Waals surface area contributed by atoms with Gasteiger partial charge in [0.25, 0.3) is 5.91 Å². The molecule has 1 unspecified atom stereocenters. The first kappa shape index (κ1) is 9.03. The normalized spacial score (nSPS) is 25.9. The third-order valence-corrected chi connectivity index (χ3v) is 2.20. The molecule has 0 bridgehead atoms. The molecular formula is C8H14N2O2. The van der Waals surface area contributed by atoms with E-state index in [2.05, 4.69) is 5.32 Å². The number of nitrogens with zero attached hydrogens (tertiary/aromatic N) is 1. The number of hydrogen-bond donors (Lipinski definition) is 1. The van der Waals surface area contributed by atoms with Crippen molar-refractivity contribution in [2.45, 2.75) is 39.3 Å². The molecule has 12 heavy (non-hydrogen) atoms. The number of carbonyl (C=O) groups excluding carboxylic acids is 2. The molecule has 0 aromatic carbocycles. The summed E-state index contributed by atoms with van der Waals surface area (Å²) in [7, 11) is 0. The van der Waals surface area contributed by atoms with Crippen LogP contribution in [0.4, 0.5) is 4.79 Å². The van der Waals surface area contributed by atoms with Gasteiger partial charge in [-0.05, 0) is 20.3 Å². The van der Waals surface area contributed by atoms with Crippen molar-refractivity contribution in [2.24, 2.45) is 0 Å². The summed E-state index contributed by atoms with van der Waals surface area (Å²) in [5, 5.41) is 2.57. The zero-order valence-electron chi connectivity index (χ0n) is 7.63. The van der Waals surface area contributed by atoms with Crippen LogP contribution in [0, 0.1) is 0 Å². The highest BCUT2D eigenvalue weighted by molar-refractivity contribution is 6.04. The maximum atomic E-state index is 11.4. The minimum atomic E-state index is -0.355. The lowest BCUT2D eigenvalue weighted by Crippen LogP contribution is -2.38. The van der Waals surface area contributed by atoms with Gasteiger partial charge in [-0.1, -0.05) is 6.92 Å². The maximum Gasteiger partial charge on any atom is 0.325 e. The summed E-state index contributed by atoms with van der Waals surface area (Å²) < 4.78 is 0. The molecule has 0 aliphatic carbocycles. The van der Waals surface area contributed by atoms with Gasteiger partial charge < -0.3 is 5.32 Å². The second kappa shape index (κ2) is 3.13. The van der Waals surface area contributed by atoms with E-state index in [1.54, 1.807) is 6.92 Å². The summed E-state index contributed by atoms with van der Waals surface area (Å²) in [5.74, 6) is -0.116. The number of hydrogen-bond acceptors (Lipinski definition) is 2. The average Bonchev–Trinajstić information content (AvgIpc) is 2.26. The second-order valence-corrected chi connectivity index (χ2v) is 3.14. The summed E-state index contributed by atoms with van der Waals surface area (Å²) in [6, 6.07) is -0.615. The average molecular weight is 170 g/mol. The third kappa shape index (κ3) is 1.29. The minimum absolute atomic E-state index is 0.00227. The van der Waals surface area contributed by atoms with E-state index in [4.69, 9.17) is 0 Å². The number of rotatable bonds is 2. The molecule has 1 aliphatic heterocycles. The summed E-state index contributed by atoms with van der Waals surface area (Å²) in [6.45, 7) is 5.52. The van der Waals surface area contributed by atoms with Crippen molar-refractivity contribution in [1.82, 2.24) is 10.2 Å². The highest BCUT2D eigenvalue weighted by Gasteiger charge is 2.37. The van der Waals surface area contributed by atoms with Crippen LogP contribution in [0.25, 0.3) is 0 Å². The number of carbonyl (C=O) groups is 2. The van der Waals surface area contributed by atoms with Crippen molar-refractivity contribution in [3.8, 4) is 0 Å². The lowest BCUT2D eigenvalue weighted by molar-refractivity contribution is -0.128. The molecule has 1 rings (SSSR count). The maximum absolute atomic E-state index is 11.4. The van der Waals surface area contributed by atoms with Gasteiger partial charge in [0.05, 0.1) is 0 Å². The molecule has 4 nitrogen and oxygen atoms in total. The molecular weight excluding hydrogens is 156 g/mol. The van der Waals surface area contributed by atoms with E-state index in [9.17, 15) is 9.59 Å². The molecule has 0 aromatic heterocycles. The summed E-state index contributed by atoms with van der Waals surface area (Å²) in [4.78, 5) is 23.8. The quantitative estimate of drug-likeness (QED) is 0.621. The molecule has 0 radical (unpaired) electrons. The van der Waals surface area contributed by atoms with Gasteiger partial charge >= 0.3 is 6.03 Å². The van der Waals surface area contributed by atoms with E-state index >= 15 is 0 Å². The Hall–Kier alpha value is -1.06. The first-order chi connectivity index (χ1) is 5.57. The molecule has 1 heterocycles. The van der Waals surface area contributed by atoms with Gasteiger partial charge in [-0.3, -0.25) is 9.69 Å². The number of urea groups is 1. The van der Waals surface area contributed by atoms with Crippen LogP contribution in [0.5, 0.6) is 0 Å². The monoisotopic (exact) mass is 170 g/mol. The Balaban J connectivity index is 2.76. The van der Waals surface area contributed by atoms with E-state index in [-0.39, 0.29) is 24.0 Å². The first-order valence-electron chi connectivity index (χ1n) is 4.21. The van der Waals surface area contributed by atoms with Crippen LogP contribution in [0.3, 0.4) is 0 Å². The Morgan fingerprint density at radius 1 is 1.58 bits per heavy atom. The predicted molar refractivity (Wildman–Crippen MR) is 44.6 cm³/mol. The zero-order chi connectivity index (χ0) is 9.30. The molecule has 0 spiro atoms. The Morgan fingerprint density at radius 3 is 2.50 bits per heavy atom. The van der Waals surface area contributed by atoms with Gasteiger partial charge in [0.15, 0.2) is 0 Å². The van der Waals surface area contributed by atoms with E-state index < -0.39 is 0 Å².